The van der Waals surface area contributed by atoms with Crippen LogP contribution in [0.2, 0.25) is 5.02 Å². The van der Waals surface area contributed by atoms with Crippen LogP contribution in [-0.2, 0) is 14.4 Å². The van der Waals surface area contributed by atoms with Gasteiger partial charge in [-0.25, -0.2) is 0 Å². The van der Waals surface area contributed by atoms with E-state index in [2.05, 4.69) is 0 Å². The van der Waals surface area contributed by atoms with Crippen molar-refractivity contribution in [1.82, 2.24) is 9.80 Å². The largest absolute Gasteiger partial charge is 0.333 e. The fraction of sp³-hybridized carbons (Fsp3) is 0.591. The molecule has 0 unspecified atom stereocenters. The van der Waals surface area contributed by atoms with Gasteiger partial charge in [-0.05, 0) is 43.0 Å². The normalized spacial score (nSPS) is 17.2. The molecule has 1 aromatic rings. The number of benzene rings is 1. The van der Waals surface area contributed by atoms with Crippen LogP contribution in [0, 0.1) is 5.92 Å². The molecule has 3 rings (SSSR count). The van der Waals surface area contributed by atoms with Crippen LogP contribution in [0.1, 0.15) is 51.9 Å². The summed E-state index contributed by atoms with van der Waals surface area (Å²) in [6, 6.07) is 6.98. The number of anilines is 1. The minimum atomic E-state index is -0.183. The fourth-order valence-corrected chi connectivity index (χ4v) is 4.30. The van der Waals surface area contributed by atoms with E-state index in [4.69, 9.17) is 11.6 Å². The van der Waals surface area contributed by atoms with E-state index in [0.29, 0.717) is 29.6 Å². The van der Waals surface area contributed by atoms with Gasteiger partial charge in [0.05, 0.1) is 6.54 Å². The molecular formula is C22H30ClN3O3. The summed E-state index contributed by atoms with van der Waals surface area (Å²) in [5.41, 5.74) is 0.716. The molecule has 1 heterocycles. The van der Waals surface area contributed by atoms with Gasteiger partial charge in [0.2, 0.25) is 17.7 Å². The maximum Gasteiger partial charge on any atom is 0.248 e. The van der Waals surface area contributed by atoms with Crippen LogP contribution >= 0.6 is 11.6 Å². The van der Waals surface area contributed by atoms with Crippen LogP contribution in [0.4, 0.5) is 5.69 Å². The molecule has 1 aliphatic carbocycles. The predicted molar refractivity (Wildman–Crippen MR) is 114 cm³/mol. The number of carbonyl (C=O) groups excluding carboxylic acids is 3. The van der Waals surface area contributed by atoms with Crippen LogP contribution in [0.3, 0.4) is 0 Å². The van der Waals surface area contributed by atoms with Crippen LogP contribution in [0.15, 0.2) is 24.3 Å². The van der Waals surface area contributed by atoms with Crippen LogP contribution in [-0.4, -0.2) is 53.8 Å². The van der Waals surface area contributed by atoms with Crippen molar-refractivity contribution in [2.45, 2.75) is 51.9 Å². The Morgan fingerprint density at radius 1 is 1.17 bits per heavy atom. The minimum Gasteiger partial charge on any atom is -0.333 e. The van der Waals surface area contributed by atoms with Crippen molar-refractivity contribution >= 4 is 35.0 Å². The topological polar surface area (TPSA) is 60.9 Å². The Hall–Kier alpha value is -2.08. The average molecular weight is 420 g/mol. The Kier molecular flexibility index (Phi) is 7.53. The smallest absolute Gasteiger partial charge is 0.248 e. The lowest BCUT2D eigenvalue weighted by atomic mass is 10.0. The van der Waals surface area contributed by atoms with Crippen molar-refractivity contribution in [3.63, 3.8) is 0 Å². The maximum atomic E-state index is 12.8. The van der Waals surface area contributed by atoms with E-state index < -0.39 is 0 Å². The van der Waals surface area contributed by atoms with Crippen molar-refractivity contribution in [3.8, 4) is 0 Å². The van der Waals surface area contributed by atoms with Crippen LogP contribution in [0.25, 0.3) is 0 Å². The molecule has 0 N–H and O–H groups in total. The third kappa shape index (κ3) is 5.72. The van der Waals surface area contributed by atoms with Crippen molar-refractivity contribution in [2.75, 3.05) is 31.2 Å². The van der Waals surface area contributed by atoms with Crippen molar-refractivity contribution in [3.05, 3.63) is 29.3 Å². The van der Waals surface area contributed by atoms with E-state index in [0.717, 1.165) is 12.8 Å². The van der Waals surface area contributed by atoms with Crippen molar-refractivity contribution in [1.29, 1.82) is 0 Å². The lowest BCUT2D eigenvalue weighted by Gasteiger charge is -2.25. The third-order valence-corrected chi connectivity index (χ3v) is 6.10. The molecule has 0 spiro atoms. The predicted octanol–water partition coefficient (Wildman–Crippen LogP) is 3.68. The molecule has 6 nitrogen and oxygen atoms in total. The third-order valence-electron chi connectivity index (χ3n) is 5.84. The summed E-state index contributed by atoms with van der Waals surface area (Å²) < 4.78 is 0. The summed E-state index contributed by atoms with van der Waals surface area (Å²) in [6.45, 7) is 2.85. The number of hydrogen-bond acceptors (Lipinski definition) is 3. The quantitative estimate of drug-likeness (QED) is 0.645. The highest BCUT2D eigenvalue weighted by atomic mass is 35.5. The van der Waals surface area contributed by atoms with E-state index in [1.807, 2.05) is 6.92 Å². The minimum absolute atomic E-state index is 0.0394. The van der Waals surface area contributed by atoms with Crippen molar-refractivity contribution in [2.24, 2.45) is 5.92 Å². The Bertz CT molecular complexity index is 731. The Morgan fingerprint density at radius 3 is 2.52 bits per heavy atom. The number of halogens is 1. The van der Waals surface area contributed by atoms with Crippen molar-refractivity contribution < 1.29 is 14.4 Å². The Morgan fingerprint density at radius 2 is 1.86 bits per heavy atom. The molecule has 7 heteroatoms. The van der Waals surface area contributed by atoms with Gasteiger partial charge in [0.1, 0.15) is 13.2 Å². The lowest BCUT2D eigenvalue weighted by Crippen LogP contribution is -2.43. The first-order valence-electron chi connectivity index (χ1n) is 10.6. The van der Waals surface area contributed by atoms with Gasteiger partial charge in [0.25, 0.3) is 0 Å². The fourth-order valence-electron chi connectivity index (χ4n) is 4.17. The zero-order valence-corrected chi connectivity index (χ0v) is 17.9. The first-order chi connectivity index (χ1) is 14.0. The SMILES string of the molecule is CCCN(CC(=O)N1CC(=O)N(c2ccc(Cl)cc2)C1)C(=O)CCC1CCCC1. The number of nitrogens with zero attached hydrogens (tertiary/aromatic N) is 3. The highest BCUT2D eigenvalue weighted by Gasteiger charge is 2.33. The average Bonchev–Trinajstić information content (AvgIpc) is 3.36. The molecular weight excluding hydrogens is 390 g/mol. The molecule has 2 fully saturated rings. The number of rotatable bonds is 8. The van der Waals surface area contributed by atoms with Gasteiger partial charge >= 0.3 is 0 Å². The summed E-state index contributed by atoms with van der Waals surface area (Å²) in [7, 11) is 0. The number of amides is 3. The second kappa shape index (κ2) is 10.1. The Balaban J connectivity index is 1.55. The molecule has 158 valence electrons. The summed E-state index contributed by atoms with van der Waals surface area (Å²) in [6.07, 6.45) is 7.20. The summed E-state index contributed by atoms with van der Waals surface area (Å²) in [5, 5.41) is 0.597. The molecule has 29 heavy (non-hydrogen) atoms. The van der Waals surface area contributed by atoms with Gasteiger partial charge in [-0.1, -0.05) is 44.2 Å². The molecule has 0 aromatic heterocycles. The van der Waals surface area contributed by atoms with Gasteiger partial charge in [-0.15, -0.1) is 0 Å². The molecule has 2 aliphatic rings. The zero-order chi connectivity index (χ0) is 20.8. The van der Waals surface area contributed by atoms with E-state index in [1.54, 1.807) is 34.1 Å². The molecule has 1 aromatic carbocycles. The highest BCUT2D eigenvalue weighted by Crippen LogP contribution is 2.28. The highest BCUT2D eigenvalue weighted by molar-refractivity contribution is 6.30. The summed E-state index contributed by atoms with van der Waals surface area (Å²) in [4.78, 5) is 42.6. The first-order valence-corrected chi connectivity index (χ1v) is 11.0. The second-order valence-electron chi connectivity index (χ2n) is 8.04. The molecule has 1 aliphatic heterocycles. The molecule has 3 amide bonds. The van der Waals surface area contributed by atoms with Gasteiger partial charge in [-0.3, -0.25) is 19.3 Å². The molecule has 0 atom stereocenters. The first kappa shape index (κ1) is 21.6. The van der Waals surface area contributed by atoms with Gasteiger partial charge < -0.3 is 9.80 Å². The number of carbonyl (C=O) groups is 3. The molecule has 1 saturated carbocycles. The van der Waals surface area contributed by atoms with E-state index in [9.17, 15) is 14.4 Å². The summed E-state index contributed by atoms with van der Waals surface area (Å²) >= 11 is 5.91. The second-order valence-corrected chi connectivity index (χ2v) is 8.47. The van der Waals surface area contributed by atoms with E-state index in [1.165, 1.54) is 30.6 Å². The standard InChI is InChI=1S/C22H30ClN3O3/c1-2-13-24(20(27)12-7-17-5-3-4-6-17)14-21(28)25-15-22(29)26(16-25)19-10-8-18(23)9-11-19/h8-11,17H,2-7,12-16H2,1H3. The zero-order valence-electron chi connectivity index (χ0n) is 17.1. The van der Waals surface area contributed by atoms with E-state index >= 15 is 0 Å². The van der Waals surface area contributed by atoms with Gasteiger partial charge in [-0.2, -0.15) is 0 Å². The molecule has 1 saturated heterocycles. The monoisotopic (exact) mass is 419 g/mol. The summed E-state index contributed by atoms with van der Waals surface area (Å²) in [5.74, 6) is 0.391. The molecule has 0 radical (unpaired) electrons. The Labute approximate surface area is 177 Å². The number of hydrogen-bond donors (Lipinski definition) is 0. The van der Waals surface area contributed by atoms with Gasteiger partial charge in [0, 0.05) is 23.7 Å². The molecule has 0 bridgehead atoms. The van der Waals surface area contributed by atoms with Gasteiger partial charge in [0.15, 0.2) is 0 Å². The van der Waals surface area contributed by atoms with Crippen LogP contribution in [0.5, 0.6) is 0 Å². The lowest BCUT2D eigenvalue weighted by molar-refractivity contribution is -0.140. The maximum absolute atomic E-state index is 12.8. The van der Waals surface area contributed by atoms with E-state index in [-0.39, 0.29) is 37.5 Å². The van der Waals surface area contributed by atoms with Crippen LogP contribution < -0.4 is 4.90 Å².